The lowest BCUT2D eigenvalue weighted by molar-refractivity contribution is -0.150. The molecular formula is C40H75NO5. The van der Waals surface area contributed by atoms with Gasteiger partial charge in [0.2, 0.25) is 0 Å². The Balaban J connectivity index is 1.46. The van der Waals surface area contributed by atoms with Crippen LogP contribution in [0.5, 0.6) is 0 Å². The Labute approximate surface area is 284 Å². The van der Waals surface area contributed by atoms with E-state index >= 15 is 0 Å². The van der Waals surface area contributed by atoms with Crippen LogP contribution in [0.2, 0.25) is 0 Å². The quantitative estimate of drug-likeness (QED) is 0.0563. The molecule has 6 nitrogen and oxygen atoms in total. The topological polar surface area (TPSA) is 76.1 Å². The van der Waals surface area contributed by atoms with E-state index in [1.807, 2.05) is 0 Å². The van der Waals surface area contributed by atoms with Crippen molar-refractivity contribution in [1.29, 1.82) is 0 Å². The highest BCUT2D eigenvalue weighted by molar-refractivity contribution is 5.69. The van der Waals surface area contributed by atoms with Crippen LogP contribution < -0.4 is 0 Å². The summed E-state index contributed by atoms with van der Waals surface area (Å²) in [7, 11) is 0. The third-order valence-electron chi connectivity index (χ3n) is 10.7. The lowest BCUT2D eigenvalue weighted by Gasteiger charge is -2.21. The first-order valence-electron chi connectivity index (χ1n) is 20.1. The van der Waals surface area contributed by atoms with Crippen LogP contribution in [0, 0.1) is 23.7 Å². The van der Waals surface area contributed by atoms with E-state index in [0.717, 1.165) is 120 Å². The minimum Gasteiger partial charge on any atom is -0.466 e. The second-order valence-corrected chi connectivity index (χ2v) is 15.0. The third kappa shape index (κ3) is 21.7. The van der Waals surface area contributed by atoms with Crippen LogP contribution in [0.3, 0.4) is 0 Å². The van der Waals surface area contributed by atoms with Crippen molar-refractivity contribution in [3.63, 3.8) is 0 Å². The molecule has 5 unspecified atom stereocenters. The summed E-state index contributed by atoms with van der Waals surface area (Å²) in [6.45, 7) is 10.4. The number of carbonyl (C=O) groups excluding carboxylic acids is 2. The molecule has 5 atom stereocenters. The standard InChI is InChI=1S/C40H75NO5/c1-4-6-8-19-31-45-39(43)21-15-11-9-13-17-27-41(29-30-42)28-18-14-10-12-16-22-40(44)46-38(25-23-35-32-34(35)3)26-24-37-33-36(37)20-7-5-2/h34-38,42H,4-33H2,1-3H3. The van der Waals surface area contributed by atoms with Crippen LogP contribution in [0.1, 0.15) is 181 Å². The molecule has 0 aliphatic heterocycles. The van der Waals surface area contributed by atoms with Crippen LogP contribution in [-0.2, 0) is 19.1 Å². The molecule has 0 spiro atoms. The van der Waals surface area contributed by atoms with E-state index in [0.29, 0.717) is 19.4 Å². The Bertz CT molecular complexity index is 760. The van der Waals surface area contributed by atoms with Crippen molar-refractivity contribution in [2.45, 2.75) is 187 Å². The SMILES string of the molecule is CCCCCCOC(=O)CCCCCCCN(CCO)CCCCCCCC(=O)OC(CCC1CC1C)CCC1CC1CCCC. The summed E-state index contributed by atoms with van der Waals surface area (Å²) in [5, 5.41) is 9.50. The molecule has 2 aliphatic carbocycles. The molecule has 0 saturated heterocycles. The molecule has 0 radical (unpaired) electrons. The number of ether oxygens (including phenoxy) is 2. The molecule has 0 amide bonds. The van der Waals surface area contributed by atoms with Gasteiger partial charge in [-0.25, -0.2) is 0 Å². The molecule has 2 aliphatic rings. The van der Waals surface area contributed by atoms with Gasteiger partial charge in [0.05, 0.1) is 13.2 Å². The maximum Gasteiger partial charge on any atom is 0.306 e. The summed E-state index contributed by atoms with van der Waals surface area (Å²) >= 11 is 0. The van der Waals surface area contributed by atoms with E-state index in [9.17, 15) is 14.7 Å². The summed E-state index contributed by atoms with van der Waals surface area (Å²) in [6, 6.07) is 0. The highest BCUT2D eigenvalue weighted by atomic mass is 16.5. The van der Waals surface area contributed by atoms with E-state index in [1.165, 1.54) is 70.6 Å². The van der Waals surface area contributed by atoms with Crippen LogP contribution in [0.15, 0.2) is 0 Å². The zero-order chi connectivity index (χ0) is 33.2. The van der Waals surface area contributed by atoms with Gasteiger partial charge >= 0.3 is 11.9 Å². The molecule has 270 valence electrons. The largest absolute Gasteiger partial charge is 0.466 e. The number of rotatable bonds is 33. The highest BCUT2D eigenvalue weighted by Gasteiger charge is 2.37. The lowest BCUT2D eigenvalue weighted by atomic mass is 10.0. The van der Waals surface area contributed by atoms with Gasteiger partial charge in [-0.05, 0) is 107 Å². The summed E-state index contributed by atoms with van der Waals surface area (Å²) in [4.78, 5) is 26.9. The molecule has 0 bridgehead atoms. The molecule has 0 aromatic carbocycles. The van der Waals surface area contributed by atoms with Gasteiger partial charge < -0.3 is 19.5 Å². The normalized spacial score (nSPS) is 21.0. The van der Waals surface area contributed by atoms with Gasteiger partial charge in [-0.15, -0.1) is 0 Å². The number of hydrogen-bond acceptors (Lipinski definition) is 6. The number of nitrogens with zero attached hydrogens (tertiary/aromatic N) is 1. The van der Waals surface area contributed by atoms with Gasteiger partial charge in [0.25, 0.3) is 0 Å². The number of aliphatic hydroxyl groups is 1. The van der Waals surface area contributed by atoms with Crippen molar-refractivity contribution in [1.82, 2.24) is 4.90 Å². The first kappa shape index (κ1) is 41.0. The van der Waals surface area contributed by atoms with Gasteiger partial charge in [0.15, 0.2) is 0 Å². The summed E-state index contributed by atoms with van der Waals surface area (Å²) in [5.74, 6) is 3.56. The lowest BCUT2D eigenvalue weighted by Crippen LogP contribution is -2.29. The molecule has 2 saturated carbocycles. The number of aliphatic hydroxyl groups excluding tert-OH is 1. The Morgan fingerprint density at radius 2 is 1.20 bits per heavy atom. The molecule has 6 heteroatoms. The van der Waals surface area contributed by atoms with E-state index < -0.39 is 0 Å². The Hall–Kier alpha value is -1.14. The molecule has 0 aromatic heterocycles. The van der Waals surface area contributed by atoms with E-state index in [-0.39, 0.29) is 24.6 Å². The second kappa shape index (κ2) is 26.8. The Kier molecular flexibility index (Phi) is 23.9. The molecule has 0 heterocycles. The van der Waals surface area contributed by atoms with E-state index in [4.69, 9.17) is 9.47 Å². The van der Waals surface area contributed by atoms with Gasteiger partial charge in [-0.1, -0.05) is 97.8 Å². The Morgan fingerprint density at radius 1 is 0.652 bits per heavy atom. The van der Waals surface area contributed by atoms with Crippen LogP contribution >= 0.6 is 0 Å². The maximum atomic E-state index is 12.7. The first-order valence-corrected chi connectivity index (χ1v) is 20.1. The number of unbranched alkanes of at least 4 members (excludes halogenated alkanes) is 12. The van der Waals surface area contributed by atoms with Crippen LogP contribution in [0.25, 0.3) is 0 Å². The molecule has 0 aromatic rings. The fraction of sp³-hybridized carbons (Fsp3) is 0.950. The molecule has 2 fully saturated rings. The van der Waals surface area contributed by atoms with Crippen molar-refractivity contribution in [3.05, 3.63) is 0 Å². The summed E-state index contributed by atoms with van der Waals surface area (Å²) < 4.78 is 11.4. The van der Waals surface area contributed by atoms with Crippen molar-refractivity contribution >= 4 is 11.9 Å². The van der Waals surface area contributed by atoms with E-state index in [2.05, 4.69) is 25.7 Å². The average molecular weight is 650 g/mol. The summed E-state index contributed by atoms with van der Waals surface area (Å²) in [5.41, 5.74) is 0. The Morgan fingerprint density at radius 3 is 1.80 bits per heavy atom. The molecular weight excluding hydrogens is 574 g/mol. The van der Waals surface area contributed by atoms with Crippen molar-refractivity contribution in [2.75, 3.05) is 32.8 Å². The number of esters is 2. The minimum atomic E-state index is -0.0390. The predicted molar refractivity (Wildman–Crippen MR) is 191 cm³/mol. The van der Waals surface area contributed by atoms with Gasteiger partial charge in [0.1, 0.15) is 6.10 Å². The fourth-order valence-electron chi connectivity index (χ4n) is 7.13. The highest BCUT2D eigenvalue weighted by Crippen LogP contribution is 2.46. The summed E-state index contributed by atoms with van der Waals surface area (Å²) in [6.07, 6.45) is 28.2. The smallest absolute Gasteiger partial charge is 0.306 e. The van der Waals surface area contributed by atoms with Gasteiger partial charge in [-0.3, -0.25) is 9.59 Å². The molecule has 46 heavy (non-hydrogen) atoms. The van der Waals surface area contributed by atoms with Crippen LogP contribution in [0.4, 0.5) is 0 Å². The third-order valence-corrected chi connectivity index (χ3v) is 10.7. The first-order chi connectivity index (χ1) is 22.5. The van der Waals surface area contributed by atoms with E-state index in [1.54, 1.807) is 0 Å². The second-order valence-electron chi connectivity index (χ2n) is 15.0. The minimum absolute atomic E-state index is 0.0269. The average Bonchev–Trinajstić information content (AvgIpc) is 3.97. The van der Waals surface area contributed by atoms with Crippen molar-refractivity contribution in [3.8, 4) is 0 Å². The maximum absolute atomic E-state index is 12.7. The van der Waals surface area contributed by atoms with Crippen LogP contribution in [-0.4, -0.2) is 60.9 Å². The van der Waals surface area contributed by atoms with Gasteiger partial charge in [-0.2, -0.15) is 0 Å². The van der Waals surface area contributed by atoms with Gasteiger partial charge in [0, 0.05) is 19.4 Å². The van der Waals surface area contributed by atoms with Crippen molar-refractivity contribution < 1.29 is 24.2 Å². The van der Waals surface area contributed by atoms with Crippen molar-refractivity contribution in [2.24, 2.45) is 23.7 Å². The number of carbonyl (C=O) groups is 2. The number of hydrogen-bond donors (Lipinski definition) is 1. The molecule has 2 rings (SSSR count). The molecule has 1 N–H and O–H groups in total. The zero-order valence-electron chi connectivity index (χ0n) is 30.6. The monoisotopic (exact) mass is 650 g/mol. The zero-order valence-corrected chi connectivity index (χ0v) is 30.6. The fourth-order valence-corrected chi connectivity index (χ4v) is 7.13. The predicted octanol–water partition coefficient (Wildman–Crippen LogP) is 10.0.